The zero-order valence-electron chi connectivity index (χ0n) is 16.1. The van der Waals surface area contributed by atoms with Crippen LogP contribution in [0, 0.1) is 0 Å². The average molecular weight is 500 g/mol. The topological polar surface area (TPSA) is 49.8 Å². The van der Waals surface area contributed by atoms with Crippen molar-refractivity contribution in [3.05, 3.63) is 51.5 Å². The van der Waals surface area contributed by atoms with Gasteiger partial charge in [-0.1, -0.05) is 30.3 Å². The second kappa shape index (κ2) is 11.6. The van der Waals surface area contributed by atoms with Gasteiger partial charge in [0.15, 0.2) is 5.96 Å². The zero-order chi connectivity index (χ0) is 18.2. The number of nitrogens with zero attached hydrogens (tertiary/aromatic N) is 3. The standard InChI is InChI=1S/C20H28N4OS.HI/c1-21-20(22-12-13-25-15-16-8-4-3-5-9-16)24(2)14-19-23-17-10-6-7-11-18(17)26-19;/h3-5,8-9H,6-7,10-15H2,1-2H3,(H,21,22);1H. The van der Waals surface area contributed by atoms with Crippen LogP contribution in [0.4, 0.5) is 0 Å². The summed E-state index contributed by atoms with van der Waals surface area (Å²) in [5.41, 5.74) is 2.52. The lowest BCUT2D eigenvalue weighted by Gasteiger charge is -2.21. The summed E-state index contributed by atoms with van der Waals surface area (Å²) in [5.74, 6) is 0.876. The Labute approximate surface area is 183 Å². The minimum Gasteiger partial charge on any atom is -0.375 e. The Morgan fingerprint density at radius 2 is 2.04 bits per heavy atom. The van der Waals surface area contributed by atoms with Gasteiger partial charge in [0.25, 0.3) is 0 Å². The van der Waals surface area contributed by atoms with Crippen molar-refractivity contribution in [1.29, 1.82) is 0 Å². The van der Waals surface area contributed by atoms with Crippen molar-refractivity contribution >= 4 is 41.3 Å². The van der Waals surface area contributed by atoms with E-state index in [0.717, 1.165) is 25.5 Å². The lowest BCUT2D eigenvalue weighted by Crippen LogP contribution is -2.39. The van der Waals surface area contributed by atoms with Gasteiger partial charge in [0.1, 0.15) is 5.01 Å². The summed E-state index contributed by atoms with van der Waals surface area (Å²) < 4.78 is 5.72. The fraction of sp³-hybridized carbons (Fsp3) is 0.500. The number of aliphatic imine (C=N–C) groups is 1. The summed E-state index contributed by atoms with van der Waals surface area (Å²) in [4.78, 5) is 12.8. The van der Waals surface area contributed by atoms with E-state index in [9.17, 15) is 0 Å². The first kappa shape index (κ1) is 22.1. The highest BCUT2D eigenvalue weighted by Crippen LogP contribution is 2.27. The first-order valence-electron chi connectivity index (χ1n) is 9.27. The van der Waals surface area contributed by atoms with Gasteiger partial charge >= 0.3 is 0 Å². The van der Waals surface area contributed by atoms with E-state index in [2.05, 4.69) is 34.4 Å². The van der Waals surface area contributed by atoms with Crippen LogP contribution in [0.1, 0.15) is 34.0 Å². The molecule has 1 N–H and O–H groups in total. The summed E-state index contributed by atoms with van der Waals surface area (Å²) in [7, 11) is 3.87. The van der Waals surface area contributed by atoms with Gasteiger partial charge < -0.3 is 15.0 Å². The molecule has 27 heavy (non-hydrogen) atoms. The first-order valence-corrected chi connectivity index (χ1v) is 10.1. The van der Waals surface area contributed by atoms with Crippen molar-refractivity contribution in [2.24, 2.45) is 4.99 Å². The smallest absolute Gasteiger partial charge is 0.193 e. The molecule has 0 saturated carbocycles. The predicted molar refractivity (Wildman–Crippen MR) is 123 cm³/mol. The van der Waals surface area contributed by atoms with Crippen LogP contribution < -0.4 is 5.32 Å². The van der Waals surface area contributed by atoms with E-state index in [4.69, 9.17) is 9.72 Å². The Kier molecular flexibility index (Phi) is 9.50. The van der Waals surface area contributed by atoms with E-state index in [1.807, 2.05) is 36.6 Å². The lowest BCUT2D eigenvalue weighted by molar-refractivity contribution is 0.125. The SMILES string of the molecule is CN=C(NCCOCc1ccccc1)N(C)Cc1nc2c(s1)CCCC2.I. The Hall–Kier alpha value is -1.19. The number of aromatic nitrogens is 1. The molecule has 5 nitrogen and oxygen atoms in total. The fourth-order valence-corrected chi connectivity index (χ4v) is 4.35. The van der Waals surface area contributed by atoms with E-state index < -0.39 is 0 Å². The van der Waals surface area contributed by atoms with Crippen LogP contribution in [0.15, 0.2) is 35.3 Å². The van der Waals surface area contributed by atoms with Crippen LogP contribution in [-0.4, -0.2) is 43.1 Å². The van der Waals surface area contributed by atoms with Crippen molar-refractivity contribution < 1.29 is 4.74 Å². The Balaban J connectivity index is 0.00000261. The normalized spacial score (nSPS) is 13.6. The summed E-state index contributed by atoms with van der Waals surface area (Å²) >= 11 is 1.86. The molecule has 0 bridgehead atoms. The van der Waals surface area contributed by atoms with Crippen LogP contribution in [-0.2, 0) is 30.7 Å². The van der Waals surface area contributed by atoms with Crippen molar-refractivity contribution in [1.82, 2.24) is 15.2 Å². The second-order valence-corrected chi connectivity index (χ2v) is 7.72. The summed E-state index contributed by atoms with van der Waals surface area (Å²) in [6.45, 7) is 2.81. The molecule has 0 amide bonds. The predicted octanol–water partition coefficient (Wildman–Crippen LogP) is 3.86. The molecule has 0 saturated heterocycles. The van der Waals surface area contributed by atoms with E-state index in [1.165, 1.54) is 40.4 Å². The zero-order valence-corrected chi connectivity index (χ0v) is 19.3. The number of aryl methyl sites for hydroxylation is 2. The number of thiazole rings is 1. The highest BCUT2D eigenvalue weighted by molar-refractivity contribution is 14.0. The monoisotopic (exact) mass is 500 g/mol. The van der Waals surface area contributed by atoms with Crippen LogP contribution >= 0.6 is 35.3 Å². The third-order valence-corrected chi connectivity index (χ3v) is 5.62. The highest BCUT2D eigenvalue weighted by Gasteiger charge is 2.16. The van der Waals surface area contributed by atoms with Gasteiger partial charge in [-0.3, -0.25) is 4.99 Å². The molecular weight excluding hydrogens is 471 g/mol. The number of fused-ring (bicyclic) bond motifs is 1. The number of guanidine groups is 1. The van der Waals surface area contributed by atoms with Crippen molar-refractivity contribution in [2.45, 2.75) is 38.8 Å². The van der Waals surface area contributed by atoms with Gasteiger partial charge in [0.2, 0.25) is 0 Å². The third-order valence-electron chi connectivity index (χ3n) is 4.48. The molecule has 1 aliphatic rings. The number of hydrogen-bond donors (Lipinski definition) is 1. The fourth-order valence-electron chi connectivity index (χ4n) is 3.13. The number of benzene rings is 1. The van der Waals surface area contributed by atoms with E-state index in [0.29, 0.717) is 13.2 Å². The van der Waals surface area contributed by atoms with Crippen molar-refractivity contribution in [3.63, 3.8) is 0 Å². The summed E-state index contributed by atoms with van der Waals surface area (Å²) in [6, 6.07) is 10.2. The van der Waals surface area contributed by atoms with Crippen LogP contribution in [0.25, 0.3) is 0 Å². The molecule has 0 radical (unpaired) electrons. The largest absolute Gasteiger partial charge is 0.375 e. The average Bonchev–Trinajstić information content (AvgIpc) is 3.07. The van der Waals surface area contributed by atoms with Gasteiger partial charge in [-0.05, 0) is 31.2 Å². The molecule has 0 aliphatic heterocycles. The van der Waals surface area contributed by atoms with Crippen LogP contribution in [0.2, 0.25) is 0 Å². The minimum atomic E-state index is 0. The third kappa shape index (κ3) is 6.73. The maximum absolute atomic E-state index is 5.72. The molecule has 0 unspecified atom stereocenters. The van der Waals surface area contributed by atoms with Gasteiger partial charge in [0.05, 0.1) is 25.5 Å². The van der Waals surface area contributed by atoms with E-state index in [-0.39, 0.29) is 24.0 Å². The molecule has 0 spiro atoms. The first-order chi connectivity index (χ1) is 12.8. The summed E-state index contributed by atoms with van der Waals surface area (Å²) in [5, 5.41) is 4.55. The molecule has 7 heteroatoms. The molecule has 1 aromatic carbocycles. The highest BCUT2D eigenvalue weighted by atomic mass is 127. The van der Waals surface area contributed by atoms with Crippen LogP contribution in [0.5, 0.6) is 0 Å². The minimum absolute atomic E-state index is 0. The Morgan fingerprint density at radius 3 is 2.78 bits per heavy atom. The maximum atomic E-state index is 5.72. The quantitative estimate of drug-likeness (QED) is 0.272. The van der Waals surface area contributed by atoms with Crippen LogP contribution in [0.3, 0.4) is 0 Å². The molecule has 1 heterocycles. The molecule has 1 aliphatic carbocycles. The number of ether oxygens (including phenoxy) is 1. The van der Waals surface area contributed by atoms with Crippen molar-refractivity contribution in [3.8, 4) is 0 Å². The van der Waals surface area contributed by atoms with Gasteiger partial charge in [-0.15, -0.1) is 35.3 Å². The molecule has 3 rings (SSSR count). The molecule has 1 aromatic heterocycles. The molecule has 2 aromatic rings. The Bertz CT molecular complexity index is 697. The number of nitrogens with one attached hydrogen (secondary N) is 1. The van der Waals surface area contributed by atoms with Gasteiger partial charge in [-0.25, -0.2) is 4.98 Å². The van der Waals surface area contributed by atoms with E-state index >= 15 is 0 Å². The number of rotatable bonds is 7. The van der Waals surface area contributed by atoms with Crippen molar-refractivity contribution in [2.75, 3.05) is 27.2 Å². The maximum Gasteiger partial charge on any atom is 0.193 e. The molecule has 148 valence electrons. The van der Waals surface area contributed by atoms with Gasteiger partial charge in [0, 0.05) is 25.5 Å². The van der Waals surface area contributed by atoms with E-state index in [1.54, 1.807) is 0 Å². The second-order valence-electron chi connectivity index (χ2n) is 6.55. The molecular formula is C20H29IN4OS. The number of hydrogen-bond acceptors (Lipinski definition) is 4. The Morgan fingerprint density at radius 1 is 1.26 bits per heavy atom. The number of halogens is 1. The molecule has 0 atom stereocenters. The lowest BCUT2D eigenvalue weighted by atomic mass is 10.0. The van der Waals surface area contributed by atoms with Gasteiger partial charge in [-0.2, -0.15) is 0 Å². The summed E-state index contributed by atoms with van der Waals surface area (Å²) in [6.07, 6.45) is 4.92. The molecule has 0 fully saturated rings.